The van der Waals surface area contributed by atoms with Crippen molar-refractivity contribution in [3.8, 4) is 5.75 Å². The largest absolute Gasteiger partial charge is 0.508 e. The maximum atomic E-state index is 12.3. The van der Waals surface area contributed by atoms with Crippen LogP contribution in [-0.2, 0) is 4.79 Å². The number of carbonyl (C=O) groups excluding carboxylic acids is 2. The van der Waals surface area contributed by atoms with Crippen LogP contribution in [0.5, 0.6) is 5.75 Å². The lowest BCUT2D eigenvalue weighted by Crippen LogP contribution is -2.44. The summed E-state index contributed by atoms with van der Waals surface area (Å²) >= 11 is 0. The van der Waals surface area contributed by atoms with Gasteiger partial charge in [-0.3, -0.25) is 9.59 Å². The molecule has 1 heterocycles. The van der Waals surface area contributed by atoms with E-state index in [0.717, 1.165) is 38.3 Å². The Morgan fingerprint density at radius 1 is 1.12 bits per heavy atom. The number of nitrogens with zero attached hydrogens (tertiary/aromatic N) is 1. The zero-order valence-electron chi connectivity index (χ0n) is 13.9. The number of carbonyl (C=O) groups is 3. The van der Waals surface area contributed by atoms with E-state index >= 15 is 0 Å². The van der Waals surface area contributed by atoms with Gasteiger partial charge in [-0.25, -0.2) is 4.79 Å². The molecule has 1 aromatic rings. The van der Waals surface area contributed by atoms with Crippen LogP contribution in [0.3, 0.4) is 0 Å². The topological polar surface area (TPSA) is 107 Å². The number of piperidine rings is 1. The first-order valence-corrected chi connectivity index (χ1v) is 8.58. The van der Waals surface area contributed by atoms with Crippen molar-refractivity contribution in [1.29, 1.82) is 0 Å². The number of benzene rings is 1. The molecule has 7 heteroatoms. The molecule has 1 saturated heterocycles. The van der Waals surface area contributed by atoms with Gasteiger partial charge in [0.25, 0.3) is 5.91 Å². The number of aromatic hydroxyl groups is 1. The van der Waals surface area contributed by atoms with Crippen molar-refractivity contribution in [3.05, 3.63) is 29.3 Å². The first kappa shape index (κ1) is 17.3. The van der Waals surface area contributed by atoms with E-state index in [4.69, 9.17) is 5.11 Å². The molecule has 0 spiro atoms. The van der Waals surface area contributed by atoms with E-state index < -0.39 is 11.9 Å². The Kier molecular flexibility index (Phi) is 4.92. The third-order valence-corrected chi connectivity index (χ3v) is 4.74. The molecule has 2 aliphatic rings. The van der Waals surface area contributed by atoms with Crippen molar-refractivity contribution >= 4 is 17.8 Å². The Labute approximate surface area is 145 Å². The summed E-state index contributed by atoms with van der Waals surface area (Å²) in [5.41, 5.74) is -0.0249. The molecule has 1 saturated carbocycles. The highest BCUT2D eigenvalue weighted by molar-refractivity contribution is 5.98. The van der Waals surface area contributed by atoms with Crippen LogP contribution in [0.4, 0.5) is 0 Å². The minimum Gasteiger partial charge on any atom is -0.508 e. The number of rotatable bonds is 5. The third-order valence-electron chi connectivity index (χ3n) is 4.74. The number of likely N-dealkylation sites (tertiary alicyclic amines) is 1. The first-order valence-electron chi connectivity index (χ1n) is 8.58. The predicted molar refractivity (Wildman–Crippen MR) is 89.4 cm³/mol. The Hall–Kier alpha value is -2.57. The van der Waals surface area contributed by atoms with Gasteiger partial charge in [-0.05, 0) is 49.8 Å². The Balaban J connectivity index is 1.56. The van der Waals surface area contributed by atoms with Crippen molar-refractivity contribution in [2.24, 2.45) is 11.8 Å². The Bertz CT molecular complexity index is 699. The van der Waals surface area contributed by atoms with E-state index in [-0.39, 0.29) is 34.6 Å². The maximum Gasteiger partial charge on any atom is 0.335 e. The highest BCUT2D eigenvalue weighted by atomic mass is 16.4. The Morgan fingerprint density at radius 3 is 2.52 bits per heavy atom. The molecule has 3 rings (SSSR count). The minimum atomic E-state index is -1.20. The van der Waals surface area contributed by atoms with Crippen LogP contribution >= 0.6 is 0 Å². The molecule has 2 amide bonds. The number of amides is 2. The molecule has 3 N–H and O–H groups in total. The molecule has 0 aromatic heterocycles. The summed E-state index contributed by atoms with van der Waals surface area (Å²) in [6, 6.07) is 3.58. The zero-order chi connectivity index (χ0) is 18.0. The van der Waals surface area contributed by atoms with Crippen LogP contribution in [0, 0.1) is 11.8 Å². The number of nitrogens with one attached hydrogen (secondary N) is 1. The maximum absolute atomic E-state index is 12.3. The molecule has 1 aliphatic carbocycles. The molecule has 2 fully saturated rings. The fraction of sp³-hybridized carbons (Fsp3) is 0.500. The van der Waals surface area contributed by atoms with Crippen molar-refractivity contribution < 1.29 is 24.6 Å². The van der Waals surface area contributed by atoms with E-state index in [1.54, 1.807) is 0 Å². The summed E-state index contributed by atoms with van der Waals surface area (Å²) in [5.74, 6) is -1.26. The van der Waals surface area contributed by atoms with Gasteiger partial charge in [-0.2, -0.15) is 0 Å². The number of carboxylic acids is 1. The predicted octanol–water partition coefficient (Wildman–Crippen LogP) is 1.47. The van der Waals surface area contributed by atoms with E-state index in [0.29, 0.717) is 13.1 Å². The lowest BCUT2D eigenvalue weighted by atomic mass is 9.97. The van der Waals surface area contributed by atoms with Crippen LogP contribution in [0.15, 0.2) is 18.2 Å². The molecular weight excluding hydrogens is 324 g/mol. The van der Waals surface area contributed by atoms with E-state index in [1.807, 2.05) is 4.90 Å². The normalized spacial score (nSPS) is 20.2. The van der Waals surface area contributed by atoms with Crippen molar-refractivity contribution in [3.63, 3.8) is 0 Å². The second-order valence-electron chi connectivity index (χ2n) is 6.85. The van der Waals surface area contributed by atoms with Crippen LogP contribution in [0.25, 0.3) is 0 Å². The summed E-state index contributed by atoms with van der Waals surface area (Å²) in [6.07, 6.45) is 3.84. The van der Waals surface area contributed by atoms with Gasteiger partial charge in [0.05, 0.1) is 5.56 Å². The van der Waals surface area contributed by atoms with Gasteiger partial charge in [0.2, 0.25) is 5.91 Å². The quantitative estimate of drug-likeness (QED) is 0.748. The highest BCUT2D eigenvalue weighted by Crippen LogP contribution is 2.32. The van der Waals surface area contributed by atoms with Crippen molar-refractivity contribution in [1.82, 2.24) is 10.2 Å². The van der Waals surface area contributed by atoms with Gasteiger partial charge in [-0.1, -0.05) is 0 Å². The molecule has 134 valence electrons. The van der Waals surface area contributed by atoms with E-state index in [1.165, 1.54) is 12.1 Å². The van der Waals surface area contributed by atoms with E-state index in [9.17, 15) is 19.5 Å². The average Bonchev–Trinajstić information content (AvgIpc) is 3.43. The number of carboxylic acid groups (broad SMARTS) is 1. The number of phenolic OH excluding ortho intramolecular Hbond substituents is 1. The molecule has 0 bridgehead atoms. The first-order chi connectivity index (χ1) is 11.9. The number of phenols is 1. The molecule has 1 aromatic carbocycles. The van der Waals surface area contributed by atoms with Gasteiger partial charge >= 0.3 is 5.97 Å². The van der Waals surface area contributed by atoms with Gasteiger partial charge in [0.1, 0.15) is 5.75 Å². The minimum absolute atomic E-state index is 0.110. The molecule has 0 radical (unpaired) electrons. The molecular formula is C18H22N2O5. The lowest BCUT2D eigenvalue weighted by molar-refractivity contribution is -0.134. The molecule has 7 nitrogen and oxygen atoms in total. The lowest BCUT2D eigenvalue weighted by Gasteiger charge is -2.33. The monoisotopic (exact) mass is 346 g/mol. The van der Waals surface area contributed by atoms with Gasteiger partial charge in [0.15, 0.2) is 0 Å². The number of hydrogen-bond donors (Lipinski definition) is 3. The molecule has 1 unspecified atom stereocenters. The smallest absolute Gasteiger partial charge is 0.335 e. The van der Waals surface area contributed by atoms with Crippen LogP contribution in [-0.4, -0.2) is 52.5 Å². The van der Waals surface area contributed by atoms with Crippen LogP contribution < -0.4 is 5.32 Å². The number of aromatic carboxylic acids is 1. The summed E-state index contributed by atoms with van der Waals surface area (Å²) in [5, 5.41) is 21.4. The third kappa shape index (κ3) is 4.29. The standard InChI is InChI=1S/C18H22N2O5/c21-15-7-13(6-14(8-15)18(24)25)16(22)19-9-11-2-1-5-20(10-11)17(23)12-3-4-12/h6-8,11-12,21H,1-5,9-10H2,(H,19,22)(H,24,25). The molecule has 25 heavy (non-hydrogen) atoms. The second-order valence-corrected chi connectivity index (χ2v) is 6.85. The summed E-state index contributed by atoms with van der Waals surface area (Å²) in [4.78, 5) is 37.3. The highest BCUT2D eigenvalue weighted by Gasteiger charge is 2.35. The number of hydrogen-bond acceptors (Lipinski definition) is 4. The van der Waals surface area contributed by atoms with Crippen LogP contribution in [0.1, 0.15) is 46.4 Å². The second kappa shape index (κ2) is 7.13. The molecule has 1 atom stereocenters. The SMILES string of the molecule is O=C(O)c1cc(O)cc(C(=O)NCC2CCCN(C(=O)C3CC3)C2)c1. The Morgan fingerprint density at radius 2 is 1.84 bits per heavy atom. The van der Waals surface area contributed by atoms with Gasteiger partial charge in [0, 0.05) is 31.1 Å². The summed E-state index contributed by atoms with van der Waals surface area (Å²) < 4.78 is 0. The summed E-state index contributed by atoms with van der Waals surface area (Å²) in [7, 11) is 0. The fourth-order valence-corrected chi connectivity index (χ4v) is 3.23. The van der Waals surface area contributed by atoms with Gasteiger partial charge in [-0.15, -0.1) is 0 Å². The van der Waals surface area contributed by atoms with Crippen molar-refractivity contribution in [2.75, 3.05) is 19.6 Å². The van der Waals surface area contributed by atoms with E-state index in [2.05, 4.69) is 5.32 Å². The average molecular weight is 346 g/mol. The molecule has 1 aliphatic heterocycles. The zero-order valence-corrected chi connectivity index (χ0v) is 13.9. The van der Waals surface area contributed by atoms with Gasteiger partial charge < -0.3 is 20.4 Å². The fourth-order valence-electron chi connectivity index (χ4n) is 3.23. The van der Waals surface area contributed by atoms with Crippen LogP contribution in [0.2, 0.25) is 0 Å². The summed E-state index contributed by atoms with van der Waals surface area (Å²) in [6.45, 7) is 1.86. The van der Waals surface area contributed by atoms with Crippen molar-refractivity contribution in [2.45, 2.75) is 25.7 Å².